The number of carbonyl (C=O) groups excluding carboxylic acids is 1. The number of esters is 1. The minimum atomic E-state index is -0.670. The molecule has 18 heavy (non-hydrogen) atoms. The van der Waals surface area contributed by atoms with Gasteiger partial charge in [0, 0.05) is 13.1 Å². The van der Waals surface area contributed by atoms with E-state index in [0.717, 1.165) is 0 Å². The topological polar surface area (TPSA) is 74.1 Å². The molecule has 0 saturated carbocycles. The summed E-state index contributed by atoms with van der Waals surface area (Å²) in [6.07, 6.45) is 0. The molecule has 0 aliphatic carbocycles. The normalized spacial score (nSPS) is 10.6. The molecular weight excluding hydrogens is 258 g/mol. The van der Waals surface area contributed by atoms with Gasteiger partial charge in [-0.15, -0.1) is 10.2 Å². The van der Waals surface area contributed by atoms with Crippen LogP contribution < -0.4 is 5.56 Å². The lowest BCUT2D eigenvalue weighted by Gasteiger charge is -2.07. The van der Waals surface area contributed by atoms with Crippen molar-refractivity contribution in [1.82, 2.24) is 14.8 Å². The Labute approximate surface area is 107 Å². The van der Waals surface area contributed by atoms with Crippen molar-refractivity contribution in [1.29, 1.82) is 0 Å². The number of hydrogen-bond acceptors (Lipinski definition) is 5. The standard InChI is InChI=1S/C11H10ClN3O3/c1-3-18-11(17)6-4-7-8(15(2)10(6)16)5-9(12)14-13-7/h4-5H,3H2,1-2H3. The van der Waals surface area contributed by atoms with Gasteiger partial charge in [0.05, 0.1) is 12.1 Å². The van der Waals surface area contributed by atoms with Crippen LogP contribution in [0.4, 0.5) is 0 Å². The first-order chi connectivity index (χ1) is 8.54. The first kappa shape index (κ1) is 12.5. The largest absolute Gasteiger partial charge is 0.462 e. The number of hydrogen-bond donors (Lipinski definition) is 0. The second-order valence-electron chi connectivity index (χ2n) is 3.58. The smallest absolute Gasteiger partial charge is 0.343 e. The summed E-state index contributed by atoms with van der Waals surface area (Å²) in [5.74, 6) is -0.670. The number of carbonyl (C=O) groups is 1. The minimum Gasteiger partial charge on any atom is -0.462 e. The Morgan fingerprint density at radius 2 is 2.17 bits per heavy atom. The molecule has 0 saturated heterocycles. The number of nitrogens with zero attached hydrogens (tertiary/aromatic N) is 3. The van der Waals surface area contributed by atoms with Gasteiger partial charge in [-0.3, -0.25) is 4.79 Å². The SMILES string of the molecule is CCOC(=O)c1cc2nnc(Cl)cc2n(C)c1=O. The van der Waals surface area contributed by atoms with Crippen LogP contribution in [-0.2, 0) is 11.8 Å². The van der Waals surface area contributed by atoms with Crippen molar-refractivity contribution in [3.63, 3.8) is 0 Å². The van der Waals surface area contributed by atoms with Crippen LogP contribution in [0.2, 0.25) is 5.15 Å². The Kier molecular flexibility index (Phi) is 3.29. The maximum atomic E-state index is 12.0. The molecule has 7 heteroatoms. The summed E-state index contributed by atoms with van der Waals surface area (Å²) >= 11 is 5.71. The summed E-state index contributed by atoms with van der Waals surface area (Å²) in [6, 6.07) is 2.87. The highest BCUT2D eigenvalue weighted by Crippen LogP contribution is 2.13. The maximum Gasteiger partial charge on any atom is 0.343 e. The third-order valence-electron chi connectivity index (χ3n) is 2.44. The van der Waals surface area contributed by atoms with Gasteiger partial charge in [-0.25, -0.2) is 4.79 Å². The van der Waals surface area contributed by atoms with Crippen molar-refractivity contribution >= 4 is 28.6 Å². The second-order valence-corrected chi connectivity index (χ2v) is 3.97. The highest BCUT2D eigenvalue weighted by atomic mass is 35.5. The molecule has 0 bridgehead atoms. The summed E-state index contributed by atoms with van der Waals surface area (Å²) in [6.45, 7) is 1.87. The van der Waals surface area contributed by atoms with E-state index in [1.54, 1.807) is 6.92 Å². The van der Waals surface area contributed by atoms with Crippen molar-refractivity contribution in [2.24, 2.45) is 7.05 Å². The molecule has 0 atom stereocenters. The summed E-state index contributed by atoms with van der Waals surface area (Å²) in [4.78, 5) is 23.6. The van der Waals surface area contributed by atoms with Gasteiger partial charge < -0.3 is 9.30 Å². The van der Waals surface area contributed by atoms with Crippen LogP contribution in [0.1, 0.15) is 17.3 Å². The van der Waals surface area contributed by atoms with E-state index in [2.05, 4.69) is 10.2 Å². The second kappa shape index (κ2) is 4.73. The fraction of sp³-hybridized carbons (Fsp3) is 0.273. The molecular formula is C11H10ClN3O3. The van der Waals surface area contributed by atoms with Crippen LogP contribution in [0, 0.1) is 0 Å². The van der Waals surface area contributed by atoms with Gasteiger partial charge in [-0.1, -0.05) is 11.6 Å². The molecule has 0 unspecified atom stereocenters. The molecule has 2 aromatic heterocycles. The van der Waals surface area contributed by atoms with E-state index in [4.69, 9.17) is 16.3 Å². The van der Waals surface area contributed by atoms with Gasteiger partial charge in [-0.2, -0.15) is 0 Å². The van der Waals surface area contributed by atoms with Crippen molar-refractivity contribution in [3.05, 3.63) is 33.2 Å². The quantitative estimate of drug-likeness (QED) is 0.764. The van der Waals surface area contributed by atoms with Gasteiger partial charge in [0.2, 0.25) is 0 Å². The lowest BCUT2D eigenvalue weighted by Crippen LogP contribution is -2.26. The minimum absolute atomic E-state index is 0.0662. The fourth-order valence-electron chi connectivity index (χ4n) is 1.58. The first-order valence-corrected chi connectivity index (χ1v) is 5.62. The predicted molar refractivity (Wildman–Crippen MR) is 65.7 cm³/mol. The number of rotatable bonds is 2. The number of aryl methyl sites for hydroxylation is 1. The number of aromatic nitrogens is 3. The highest BCUT2D eigenvalue weighted by Gasteiger charge is 2.16. The molecule has 0 fully saturated rings. The van der Waals surface area contributed by atoms with Crippen molar-refractivity contribution in [3.8, 4) is 0 Å². The average Bonchev–Trinajstić information content (AvgIpc) is 2.34. The Morgan fingerprint density at radius 3 is 2.83 bits per heavy atom. The fourth-order valence-corrected chi connectivity index (χ4v) is 1.72. The monoisotopic (exact) mass is 267 g/mol. The number of pyridine rings is 1. The maximum absolute atomic E-state index is 12.0. The molecule has 0 aliphatic rings. The van der Waals surface area contributed by atoms with E-state index >= 15 is 0 Å². The first-order valence-electron chi connectivity index (χ1n) is 5.24. The lowest BCUT2D eigenvalue weighted by molar-refractivity contribution is 0.0524. The zero-order valence-corrected chi connectivity index (χ0v) is 10.6. The Balaban J connectivity index is 2.72. The third kappa shape index (κ3) is 2.06. The summed E-state index contributed by atoms with van der Waals surface area (Å²) in [5, 5.41) is 7.69. The molecule has 2 heterocycles. The van der Waals surface area contributed by atoms with Crippen LogP contribution in [0.3, 0.4) is 0 Å². The van der Waals surface area contributed by atoms with Gasteiger partial charge in [0.15, 0.2) is 5.15 Å². The molecule has 0 amide bonds. The summed E-state index contributed by atoms with van der Waals surface area (Å²) < 4.78 is 6.10. The lowest BCUT2D eigenvalue weighted by atomic mass is 10.2. The van der Waals surface area contributed by atoms with Crippen LogP contribution in [0.25, 0.3) is 11.0 Å². The van der Waals surface area contributed by atoms with Gasteiger partial charge in [0.25, 0.3) is 5.56 Å². The number of halogens is 1. The zero-order chi connectivity index (χ0) is 13.3. The van der Waals surface area contributed by atoms with Crippen LogP contribution in [0.5, 0.6) is 0 Å². The number of ether oxygens (including phenoxy) is 1. The van der Waals surface area contributed by atoms with E-state index in [-0.39, 0.29) is 17.3 Å². The Hall–Kier alpha value is -1.95. The van der Waals surface area contributed by atoms with E-state index in [0.29, 0.717) is 11.0 Å². The zero-order valence-electron chi connectivity index (χ0n) is 9.81. The van der Waals surface area contributed by atoms with E-state index in [9.17, 15) is 9.59 Å². The molecule has 2 rings (SSSR count). The van der Waals surface area contributed by atoms with Crippen LogP contribution >= 0.6 is 11.6 Å². The summed E-state index contributed by atoms with van der Waals surface area (Å²) in [5.41, 5.74) is 0.395. The Morgan fingerprint density at radius 1 is 1.44 bits per heavy atom. The van der Waals surface area contributed by atoms with Gasteiger partial charge >= 0.3 is 5.97 Å². The molecule has 0 aromatic carbocycles. The molecule has 0 aliphatic heterocycles. The predicted octanol–water partition coefficient (Wildman–Crippen LogP) is 1.16. The molecule has 0 N–H and O–H groups in total. The third-order valence-corrected chi connectivity index (χ3v) is 2.63. The van der Waals surface area contributed by atoms with E-state index < -0.39 is 11.5 Å². The van der Waals surface area contributed by atoms with Crippen LogP contribution in [-0.4, -0.2) is 27.3 Å². The van der Waals surface area contributed by atoms with E-state index in [1.807, 2.05) is 0 Å². The molecule has 94 valence electrons. The molecule has 6 nitrogen and oxygen atoms in total. The Bertz CT molecular complexity index is 681. The van der Waals surface area contributed by atoms with Gasteiger partial charge in [-0.05, 0) is 13.0 Å². The number of fused-ring (bicyclic) bond motifs is 1. The summed E-state index contributed by atoms with van der Waals surface area (Å²) in [7, 11) is 1.53. The molecule has 2 aromatic rings. The highest BCUT2D eigenvalue weighted by molar-refractivity contribution is 6.29. The van der Waals surface area contributed by atoms with Crippen LogP contribution in [0.15, 0.2) is 16.9 Å². The molecule has 0 radical (unpaired) electrons. The average molecular weight is 268 g/mol. The van der Waals surface area contributed by atoms with Crippen molar-refractivity contribution < 1.29 is 9.53 Å². The van der Waals surface area contributed by atoms with Gasteiger partial charge in [0.1, 0.15) is 11.1 Å². The van der Waals surface area contributed by atoms with E-state index in [1.165, 1.54) is 23.7 Å². The molecule has 0 spiro atoms. The van der Waals surface area contributed by atoms with Crippen molar-refractivity contribution in [2.45, 2.75) is 6.92 Å². The van der Waals surface area contributed by atoms with Crippen molar-refractivity contribution in [2.75, 3.05) is 6.61 Å².